The Morgan fingerprint density at radius 2 is 2.08 bits per heavy atom. The van der Waals surface area contributed by atoms with E-state index in [9.17, 15) is 9.59 Å². The summed E-state index contributed by atoms with van der Waals surface area (Å²) in [7, 11) is 0. The smallest absolute Gasteiger partial charge is 0.349 e. The van der Waals surface area contributed by atoms with Crippen LogP contribution in [0.2, 0.25) is 0 Å². The first-order chi connectivity index (χ1) is 5.61. The normalized spacial score (nSPS) is 11.9. The van der Waals surface area contributed by atoms with E-state index in [0.717, 1.165) is 6.92 Å². The Hall–Kier alpha value is -1.10. The van der Waals surface area contributed by atoms with Gasteiger partial charge in [0.1, 0.15) is 0 Å². The molecule has 0 aromatic rings. The van der Waals surface area contributed by atoms with Crippen LogP contribution in [-0.4, -0.2) is 36.4 Å². The maximum absolute atomic E-state index is 10.9. The van der Waals surface area contributed by atoms with Gasteiger partial charge in [-0.3, -0.25) is 4.79 Å². The molecule has 0 heterocycles. The molecule has 5 nitrogen and oxygen atoms in total. The molecular formula is C7H12O5. The summed E-state index contributed by atoms with van der Waals surface area (Å²) in [4.78, 5) is 21.2. The molecule has 1 N–H and O–H groups in total. The van der Waals surface area contributed by atoms with Crippen molar-refractivity contribution in [2.75, 3.05) is 13.2 Å². The highest BCUT2D eigenvalue weighted by Gasteiger charge is 2.21. The number of aliphatic hydroxyl groups is 1. The zero-order chi connectivity index (χ0) is 9.56. The topological polar surface area (TPSA) is 72.8 Å². The number of hydrogen-bond donors (Lipinski definition) is 1. The van der Waals surface area contributed by atoms with Gasteiger partial charge >= 0.3 is 11.9 Å². The Morgan fingerprint density at radius 1 is 1.50 bits per heavy atom. The Morgan fingerprint density at radius 3 is 2.42 bits per heavy atom. The van der Waals surface area contributed by atoms with Crippen molar-refractivity contribution in [1.82, 2.24) is 0 Å². The molecule has 0 aliphatic rings. The van der Waals surface area contributed by atoms with Gasteiger partial charge in [-0.1, -0.05) is 0 Å². The molecule has 5 heteroatoms. The van der Waals surface area contributed by atoms with Crippen molar-refractivity contribution in [1.29, 1.82) is 0 Å². The standard InChI is InChI=1S/C7H12O5/c1-3-11-7(10)6(4-8)12-5(2)9/h6,8H,3-4H2,1-2H3. The largest absolute Gasteiger partial charge is 0.463 e. The van der Waals surface area contributed by atoms with E-state index < -0.39 is 24.6 Å². The van der Waals surface area contributed by atoms with Crippen LogP contribution in [0.4, 0.5) is 0 Å². The molecule has 1 unspecified atom stereocenters. The fraction of sp³-hybridized carbons (Fsp3) is 0.714. The van der Waals surface area contributed by atoms with Crippen LogP contribution in [0.25, 0.3) is 0 Å². The molecule has 1 atom stereocenters. The molecule has 0 spiro atoms. The lowest BCUT2D eigenvalue weighted by atomic mass is 10.4. The molecule has 0 aromatic carbocycles. The fourth-order valence-corrected chi connectivity index (χ4v) is 0.595. The first-order valence-electron chi connectivity index (χ1n) is 3.56. The van der Waals surface area contributed by atoms with Gasteiger partial charge in [0.05, 0.1) is 13.2 Å². The lowest BCUT2D eigenvalue weighted by molar-refractivity contribution is -0.168. The van der Waals surface area contributed by atoms with E-state index >= 15 is 0 Å². The van der Waals surface area contributed by atoms with Gasteiger partial charge in [-0.15, -0.1) is 0 Å². The number of esters is 2. The number of hydrogen-bond acceptors (Lipinski definition) is 5. The van der Waals surface area contributed by atoms with E-state index in [1.807, 2.05) is 0 Å². The molecule has 0 amide bonds. The average Bonchev–Trinajstić information content (AvgIpc) is 2.00. The number of carbonyl (C=O) groups is 2. The first kappa shape index (κ1) is 10.9. The molecule has 12 heavy (non-hydrogen) atoms. The van der Waals surface area contributed by atoms with Crippen LogP contribution >= 0.6 is 0 Å². The minimum Gasteiger partial charge on any atom is -0.463 e. The second kappa shape index (κ2) is 5.54. The SMILES string of the molecule is CCOC(=O)C(CO)OC(C)=O. The number of rotatable bonds is 4. The van der Waals surface area contributed by atoms with Gasteiger partial charge in [0, 0.05) is 6.92 Å². The lowest BCUT2D eigenvalue weighted by Gasteiger charge is -2.11. The van der Waals surface area contributed by atoms with Crippen LogP contribution in [0.15, 0.2) is 0 Å². The molecule has 70 valence electrons. The highest BCUT2D eigenvalue weighted by atomic mass is 16.6. The maximum atomic E-state index is 10.9. The van der Waals surface area contributed by atoms with Crippen molar-refractivity contribution in [3.8, 4) is 0 Å². The van der Waals surface area contributed by atoms with E-state index in [-0.39, 0.29) is 6.61 Å². The van der Waals surface area contributed by atoms with Gasteiger partial charge in [0.15, 0.2) is 0 Å². The molecular weight excluding hydrogens is 164 g/mol. The number of ether oxygens (including phenoxy) is 2. The lowest BCUT2D eigenvalue weighted by Crippen LogP contribution is -2.31. The third-order valence-electron chi connectivity index (χ3n) is 1.02. The summed E-state index contributed by atoms with van der Waals surface area (Å²) in [5.41, 5.74) is 0. The van der Waals surface area contributed by atoms with Gasteiger partial charge in [-0.2, -0.15) is 0 Å². The fourth-order valence-electron chi connectivity index (χ4n) is 0.595. The van der Waals surface area contributed by atoms with Crippen LogP contribution in [0.5, 0.6) is 0 Å². The quantitative estimate of drug-likeness (QED) is 0.583. The molecule has 0 aromatic heterocycles. The van der Waals surface area contributed by atoms with Crippen LogP contribution < -0.4 is 0 Å². The average molecular weight is 176 g/mol. The van der Waals surface area contributed by atoms with Crippen molar-refractivity contribution in [2.45, 2.75) is 20.0 Å². The van der Waals surface area contributed by atoms with Gasteiger partial charge in [-0.05, 0) is 6.92 Å². The van der Waals surface area contributed by atoms with E-state index in [2.05, 4.69) is 9.47 Å². The van der Waals surface area contributed by atoms with Crippen molar-refractivity contribution >= 4 is 11.9 Å². The zero-order valence-corrected chi connectivity index (χ0v) is 7.07. The third kappa shape index (κ3) is 3.92. The zero-order valence-electron chi connectivity index (χ0n) is 7.07. The Balaban J connectivity index is 3.96. The van der Waals surface area contributed by atoms with Crippen molar-refractivity contribution in [3.05, 3.63) is 0 Å². The van der Waals surface area contributed by atoms with Crippen molar-refractivity contribution < 1.29 is 24.2 Å². The highest BCUT2D eigenvalue weighted by molar-refractivity contribution is 5.78. The minimum absolute atomic E-state index is 0.191. The molecule has 0 rings (SSSR count). The number of carbonyl (C=O) groups excluding carboxylic acids is 2. The monoisotopic (exact) mass is 176 g/mol. The van der Waals surface area contributed by atoms with Crippen molar-refractivity contribution in [2.24, 2.45) is 0 Å². The Bertz CT molecular complexity index is 165. The molecule has 0 saturated carbocycles. The van der Waals surface area contributed by atoms with Gasteiger partial charge in [0.25, 0.3) is 0 Å². The predicted molar refractivity (Wildman–Crippen MR) is 39.3 cm³/mol. The summed E-state index contributed by atoms with van der Waals surface area (Å²) in [5, 5.41) is 8.59. The van der Waals surface area contributed by atoms with Gasteiger partial charge < -0.3 is 14.6 Å². The van der Waals surface area contributed by atoms with Gasteiger partial charge in [-0.25, -0.2) is 4.79 Å². The summed E-state index contributed by atoms with van der Waals surface area (Å²) in [6, 6.07) is 0. The van der Waals surface area contributed by atoms with Crippen LogP contribution in [0.1, 0.15) is 13.8 Å². The molecule has 0 aliphatic heterocycles. The molecule has 0 saturated heterocycles. The second-order valence-corrected chi connectivity index (χ2v) is 2.03. The summed E-state index contributed by atoms with van der Waals surface area (Å²) < 4.78 is 8.97. The summed E-state index contributed by atoms with van der Waals surface area (Å²) in [6.07, 6.45) is -1.19. The first-order valence-corrected chi connectivity index (χ1v) is 3.56. The van der Waals surface area contributed by atoms with Crippen LogP contribution in [-0.2, 0) is 19.1 Å². The molecule has 0 fully saturated rings. The van der Waals surface area contributed by atoms with E-state index in [0.29, 0.717) is 0 Å². The third-order valence-corrected chi connectivity index (χ3v) is 1.02. The Labute approximate surface area is 70.3 Å². The highest BCUT2D eigenvalue weighted by Crippen LogP contribution is 1.95. The summed E-state index contributed by atoms with van der Waals surface area (Å²) in [6.45, 7) is 2.41. The van der Waals surface area contributed by atoms with E-state index in [1.165, 1.54) is 0 Å². The van der Waals surface area contributed by atoms with Crippen LogP contribution in [0, 0.1) is 0 Å². The molecule has 0 radical (unpaired) electrons. The molecule has 0 aliphatic carbocycles. The second-order valence-electron chi connectivity index (χ2n) is 2.03. The summed E-state index contributed by atoms with van der Waals surface area (Å²) in [5.74, 6) is -1.35. The maximum Gasteiger partial charge on any atom is 0.349 e. The van der Waals surface area contributed by atoms with E-state index in [4.69, 9.17) is 5.11 Å². The molecule has 0 bridgehead atoms. The predicted octanol–water partition coefficient (Wildman–Crippen LogP) is -0.527. The van der Waals surface area contributed by atoms with Gasteiger partial charge in [0.2, 0.25) is 6.10 Å². The Kier molecular flexibility index (Phi) is 5.03. The number of aliphatic hydroxyl groups excluding tert-OH is 1. The minimum atomic E-state index is -1.19. The van der Waals surface area contributed by atoms with E-state index in [1.54, 1.807) is 6.92 Å². The van der Waals surface area contributed by atoms with Crippen LogP contribution in [0.3, 0.4) is 0 Å². The summed E-state index contributed by atoms with van der Waals surface area (Å²) >= 11 is 0. The van der Waals surface area contributed by atoms with Crippen molar-refractivity contribution in [3.63, 3.8) is 0 Å².